The number of nitrogens with zero attached hydrogens (tertiary/aromatic N) is 3. The molecule has 24 heavy (non-hydrogen) atoms. The van der Waals surface area contributed by atoms with Crippen LogP contribution in [0.4, 0.5) is 0 Å². The molecule has 2 unspecified atom stereocenters. The Morgan fingerprint density at radius 3 is 2.75 bits per heavy atom. The lowest BCUT2D eigenvalue weighted by molar-refractivity contribution is 0.0316. The highest BCUT2D eigenvalue weighted by atomic mass is 16.3. The molecular weight excluding hydrogens is 304 g/mol. The Hall–Kier alpha value is -1.92. The van der Waals surface area contributed by atoms with E-state index < -0.39 is 0 Å². The molecule has 6 nitrogen and oxygen atoms in total. The molecule has 128 valence electrons. The Bertz CT molecular complexity index is 749. The van der Waals surface area contributed by atoms with E-state index in [2.05, 4.69) is 15.1 Å². The van der Waals surface area contributed by atoms with Crippen LogP contribution in [0.3, 0.4) is 0 Å². The number of piperazine rings is 1. The van der Waals surface area contributed by atoms with Gasteiger partial charge in [0.05, 0.1) is 23.4 Å². The minimum Gasteiger partial charge on any atom is -0.391 e. The van der Waals surface area contributed by atoms with E-state index in [9.17, 15) is 9.90 Å². The van der Waals surface area contributed by atoms with Crippen LogP contribution >= 0.6 is 0 Å². The van der Waals surface area contributed by atoms with Crippen molar-refractivity contribution < 1.29 is 9.90 Å². The van der Waals surface area contributed by atoms with Crippen molar-refractivity contribution in [3.05, 3.63) is 29.5 Å². The molecule has 2 fully saturated rings. The minimum absolute atomic E-state index is 0.0690. The summed E-state index contributed by atoms with van der Waals surface area (Å²) < 4.78 is 0. The molecule has 2 aliphatic rings. The Morgan fingerprint density at radius 1 is 1.25 bits per heavy atom. The van der Waals surface area contributed by atoms with E-state index in [1.807, 2.05) is 24.0 Å². The first-order valence-corrected chi connectivity index (χ1v) is 8.78. The van der Waals surface area contributed by atoms with Crippen molar-refractivity contribution in [2.45, 2.75) is 38.3 Å². The molecule has 2 N–H and O–H groups in total. The zero-order chi connectivity index (χ0) is 16.7. The largest absolute Gasteiger partial charge is 0.391 e. The van der Waals surface area contributed by atoms with Gasteiger partial charge in [-0.1, -0.05) is 0 Å². The molecule has 0 bridgehead atoms. The summed E-state index contributed by atoms with van der Waals surface area (Å²) in [5.41, 5.74) is 2.59. The maximum atomic E-state index is 13.0. The van der Waals surface area contributed by atoms with Gasteiger partial charge in [0.2, 0.25) is 0 Å². The summed E-state index contributed by atoms with van der Waals surface area (Å²) in [4.78, 5) is 17.2. The van der Waals surface area contributed by atoms with Crippen molar-refractivity contribution in [2.24, 2.45) is 0 Å². The maximum Gasteiger partial charge on any atom is 0.256 e. The third-order valence-electron chi connectivity index (χ3n) is 5.44. The van der Waals surface area contributed by atoms with E-state index in [1.54, 1.807) is 6.20 Å². The molecule has 2 aromatic rings. The standard InChI is InChI=1S/C18H24N4O2/c1-12-9-13-11-19-20-17(13)14(10-12)18(24)22-7-5-21(6-8-22)15-3-2-4-16(15)23/h9-11,15-16,23H,2-8H2,1H3,(H,19,20). The molecule has 0 radical (unpaired) electrons. The molecule has 2 heterocycles. The molecular formula is C18H24N4O2. The average molecular weight is 328 g/mol. The summed E-state index contributed by atoms with van der Waals surface area (Å²) in [6, 6.07) is 4.26. The fourth-order valence-corrected chi connectivity index (χ4v) is 4.15. The summed E-state index contributed by atoms with van der Waals surface area (Å²) in [7, 11) is 0. The van der Waals surface area contributed by atoms with Crippen molar-refractivity contribution in [3.63, 3.8) is 0 Å². The maximum absolute atomic E-state index is 13.0. The van der Waals surface area contributed by atoms with E-state index in [0.29, 0.717) is 18.7 Å². The van der Waals surface area contributed by atoms with Crippen LogP contribution in [0.25, 0.3) is 10.9 Å². The van der Waals surface area contributed by atoms with Gasteiger partial charge in [0.25, 0.3) is 5.91 Å². The Balaban J connectivity index is 1.49. The zero-order valence-electron chi connectivity index (χ0n) is 14.0. The van der Waals surface area contributed by atoms with Crippen LogP contribution in [0.1, 0.15) is 35.2 Å². The Kier molecular flexibility index (Phi) is 4.02. The van der Waals surface area contributed by atoms with Crippen LogP contribution in [-0.2, 0) is 0 Å². The number of carbonyl (C=O) groups excluding carboxylic acids is 1. The lowest BCUT2D eigenvalue weighted by Crippen LogP contribution is -2.53. The third kappa shape index (κ3) is 2.70. The number of aryl methyl sites for hydroxylation is 1. The predicted octanol–water partition coefficient (Wildman–Crippen LogP) is 1.54. The molecule has 2 atom stereocenters. The number of amides is 1. The molecule has 1 amide bonds. The highest BCUT2D eigenvalue weighted by Gasteiger charge is 2.33. The van der Waals surface area contributed by atoms with Gasteiger partial charge in [0, 0.05) is 37.6 Å². The van der Waals surface area contributed by atoms with Gasteiger partial charge in [0.15, 0.2) is 0 Å². The molecule has 1 saturated heterocycles. The first kappa shape index (κ1) is 15.6. The number of H-pyrrole nitrogens is 1. The summed E-state index contributed by atoms with van der Waals surface area (Å²) in [6.07, 6.45) is 4.64. The molecule has 4 rings (SSSR count). The van der Waals surface area contributed by atoms with Crippen molar-refractivity contribution in [1.82, 2.24) is 20.0 Å². The van der Waals surface area contributed by atoms with E-state index >= 15 is 0 Å². The van der Waals surface area contributed by atoms with E-state index in [1.165, 1.54) is 0 Å². The SMILES string of the molecule is Cc1cc(C(=O)N2CCN(C3CCCC3O)CC2)c2[nH]ncc2c1. The van der Waals surface area contributed by atoms with Crippen LogP contribution in [0, 0.1) is 6.92 Å². The lowest BCUT2D eigenvalue weighted by atomic mass is 10.1. The van der Waals surface area contributed by atoms with E-state index in [0.717, 1.165) is 48.8 Å². The van der Waals surface area contributed by atoms with Gasteiger partial charge in [-0.3, -0.25) is 14.8 Å². The van der Waals surface area contributed by atoms with Gasteiger partial charge >= 0.3 is 0 Å². The first-order valence-electron chi connectivity index (χ1n) is 8.78. The number of aromatic nitrogens is 2. The number of aliphatic hydroxyl groups is 1. The van der Waals surface area contributed by atoms with Crippen LogP contribution < -0.4 is 0 Å². The van der Waals surface area contributed by atoms with Crippen LogP contribution in [0.5, 0.6) is 0 Å². The predicted molar refractivity (Wildman–Crippen MR) is 92.0 cm³/mol. The second kappa shape index (κ2) is 6.18. The quantitative estimate of drug-likeness (QED) is 0.877. The topological polar surface area (TPSA) is 72.5 Å². The van der Waals surface area contributed by atoms with Crippen LogP contribution in [0.2, 0.25) is 0 Å². The molecule has 6 heteroatoms. The molecule has 1 aromatic carbocycles. The van der Waals surface area contributed by atoms with Crippen molar-refractivity contribution in [2.75, 3.05) is 26.2 Å². The van der Waals surface area contributed by atoms with Crippen molar-refractivity contribution in [1.29, 1.82) is 0 Å². The van der Waals surface area contributed by atoms with Gasteiger partial charge in [-0.05, 0) is 43.9 Å². The summed E-state index contributed by atoms with van der Waals surface area (Å²) in [5.74, 6) is 0.0690. The first-order chi connectivity index (χ1) is 11.6. The average Bonchev–Trinajstić information content (AvgIpc) is 3.22. The fourth-order valence-electron chi connectivity index (χ4n) is 4.15. The lowest BCUT2D eigenvalue weighted by Gasteiger charge is -2.39. The van der Waals surface area contributed by atoms with E-state index in [-0.39, 0.29) is 18.1 Å². The number of fused-ring (bicyclic) bond motifs is 1. The third-order valence-corrected chi connectivity index (χ3v) is 5.44. The van der Waals surface area contributed by atoms with Crippen molar-refractivity contribution >= 4 is 16.8 Å². The van der Waals surface area contributed by atoms with Gasteiger partial charge in [0.1, 0.15) is 0 Å². The van der Waals surface area contributed by atoms with Crippen LogP contribution in [0.15, 0.2) is 18.3 Å². The van der Waals surface area contributed by atoms with Crippen molar-refractivity contribution in [3.8, 4) is 0 Å². The van der Waals surface area contributed by atoms with Gasteiger partial charge in [-0.25, -0.2) is 0 Å². The smallest absolute Gasteiger partial charge is 0.256 e. The number of benzene rings is 1. The molecule has 1 aliphatic carbocycles. The highest BCUT2D eigenvalue weighted by molar-refractivity contribution is 6.05. The molecule has 1 saturated carbocycles. The molecule has 1 aliphatic heterocycles. The fraction of sp³-hybridized carbons (Fsp3) is 0.556. The normalized spacial score (nSPS) is 25.5. The monoisotopic (exact) mass is 328 g/mol. The molecule has 1 aromatic heterocycles. The zero-order valence-corrected chi connectivity index (χ0v) is 14.0. The number of aliphatic hydroxyl groups excluding tert-OH is 1. The number of nitrogens with one attached hydrogen (secondary N) is 1. The summed E-state index contributed by atoms with van der Waals surface area (Å²) in [6.45, 7) is 5.11. The number of hydrogen-bond acceptors (Lipinski definition) is 4. The second-order valence-corrected chi connectivity index (χ2v) is 7.04. The van der Waals surface area contributed by atoms with Gasteiger partial charge in [-0.15, -0.1) is 0 Å². The number of carbonyl (C=O) groups is 1. The summed E-state index contributed by atoms with van der Waals surface area (Å²) in [5, 5.41) is 18.1. The number of rotatable bonds is 2. The van der Waals surface area contributed by atoms with Crippen LogP contribution in [-0.4, -0.2) is 69.3 Å². The highest BCUT2D eigenvalue weighted by Crippen LogP contribution is 2.26. The number of hydrogen-bond donors (Lipinski definition) is 2. The summed E-state index contributed by atoms with van der Waals surface area (Å²) >= 11 is 0. The van der Waals surface area contributed by atoms with E-state index in [4.69, 9.17) is 0 Å². The van der Waals surface area contributed by atoms with Gasteiger partial charge in [-0.2, -0.15) is 5.10 Å². The minimum atomic E-state index is -0.200. The van der Waals surface area contributed by atoms with Gasteiger partial charge < -0.3 is 10.0 Å². The Labute approximate surface area is 141 Å². The molecule has 0 spiro atoms. The second-order valence-electron chi connectivity index (χ2n) is 7.04. The Morgan fingerprint density at radius 2 is 2.04 bits per heavy atom. The number of aromatic amines is 1.